The number of fused-ring (bicyclic) bond motifs is 1. The number of nitrogens with one attached hydrogen (secondary N) is 1. The summed E-state index contributed by atoms with van der Waals surface area (Å²) in [6.07, 6.45) is 0.961. The zero-order valence-corrected chi connectivity index (χ0v) is 9.95. The molecular formula is C15H14FNO. The Labute approximate surface area is 105 Å². The molecule has 1 heterocycles. The lowest BCUT2D eigenvalue weighted by molar-refractivity contribution is 0.357. The highest BCUT2D eigenvalue weighted by atomic mass is 19.1. The van der Waals surface area contributed by atoms with Gasteiger partial charge in [-0.05, 0) is 29.3 Å². The van der Waals surface area contributed by atoms with E-state index >= 15 is 0 Å². The highest BCUT2D eigenvalue weighted by molar-refractivity contribution is 5.46. The van der Waals surface area contributed by atoms with Gasteiger partial charge in [0.2, 0.25) is 0 Å². The van der Waals surface area contributed by atoms with Crippen LogP contribution in [-0.4, -0.2) is 6.61 Å². The Morgan fingerprint density at radius 3 is 2.94 bits per heavy atom. The highest BCUT2D eigenvalue weighted by Crippen LogP contribution is 2.26. The number of benzene rings is 2. The number of para-hydroxylation sites is 1. The van der Waals surface area contributed by atoms with Crippen molar-refractivity contribution in [2.45, 2.75) is 13.0 Å². The maximum absolute atomic E-state index is 13.4. The Balaban J connectivity index is 1.72. The van der Waals surface area contributed by atoms with Crippen LogP contribution in [0.2, 0.25) is 0 Å². The molecule has 0 bridgehead atoms. The molecule has 0 saturated carbocycles. The van der Waals surface area contributed by atoms with Gasteiger partial charge in [-0.3, -0.25) is 0 Å². The van der Waals surface area contributed by atoms with Gasteiger partial charge in [0.25, 0.3) is 0 Å². The number of anilines is 1. The van der Waals surface area contributed by atoms with Crippen molar-refractivity contribution in [1.82, 2.24) is 0 Å². The zero-order valence-electron chi connectivity index (χ0n) is 9.95. The molecule has 3 rings (SSSR count). The van der Waals surface area contributed by atoms with Gasteiger partial charge in [-0.1, -0.05) is 24.3 Å². The summed E-state index contributed by atoms with van der Waals surface area (Å²) in [4.78, 5) is 0. The molecule has 1 aliphatic heterocycles. The summed E-state index contributed by atoms with van der Waals surface area (Å²) in [5.74, 6) is 0.756. The second-order valence-electron chi connectivity index (χ2n) is 4.37. The summed E-state index contributed by atoms with van der Waals surface area (Å²) in [5, 5.41) is 3.10. The normalized spacial score (nSPS) is 12.9. The molecule has 0 aromatic heterocycles. The molecule has 0 fully saturated rings. The minimum Gasteiger partial charge on any atom is -0.493 e. The molecular weight excluding hydrogens is 229 g/mol. The van der Waals surface area contributed by atoms with Gasteiger partial charge in [0.15, 0.2) is 0 Å². The number of hydrogen-bond acceptors (Lipinski definition) is 2. The monoisotopic (exact) mass is 243 g/mol. The second kappa shape index (κ2) is 4.69. The van der Waals surface area contributed by atoms with Gasteiger partial charge < -0.3 is 10.1 Å². The van der Waals surface area contributed by atoms with Crippen molar-refractivity contribution in [3.8, 4) is 5.75 Å². The Hall–Kier alpha value is -2.03. The van der Waals surface area contributed by atoms with Crippen molar-refractivity contribution in [3.63, 3.8) is 0 Å². The lowest BCUT2D eigenvalue weighted by Crippen LogP contribution is -2.01. The van der Waals surface area contributed by atoms with E-state index in [4.69, 9.17) is 4.74 Å². The third-order valence-corrected chi connectivity index (χ3v) is 3.11. The van der Waals surface area contributed by atoms with E-state index in [1.54, 1.807) is 12.1 Å². The van der Waals surface area contributed by atoms with E-state index in [9.17, 15) is 4.39 Å². The van der Waals surface area contributed by atoms with Crippen LogP contribution in [0, 0.1) is 5.82 Å². The van der Waals surface area contributed by atoms with E-state index in [-0.39, 0.29) is 5.82 Å². The quantitative estimate of drug-likeness (QED) is 0.892. The minimum absolute atomic E-state index is 0.220. The predicted molar refractivity (Wildman–Crippen MR) is 69.4 cm³/mol. The molecule has 0 spiro atoms. The maximum Gasteiger partial charge on any atom is 0.146 e. The third kappa shape index (κ3) is 2.16. The number of hydrogen-bond donors (Lipinski definition) is 1. The van der Waals surface area contributed by atoms with Crippen LogP contribution < -0.4 is 10.1 Å². The van der Waals surface area contributed by atoms with Crippen molar-refractivity contribution < 1.29 is 9.13 Å². The Bertz CT molecular complexity index is 568. The van der Waals surface area contributed by atoms with Crippen LogP contribution in [0.15, 0.2) is 42.5 Å². The average Bonchev–Trinajstić information content (AvgIpc) is 2.85. The molecule has 2 aromatic rings. The first-order chi connectivity index (χ1) is 8.83. The van der Waals surface area contributed by atoms with Crippen molar-refractivity contribution in [3.05, 3.63) is 59.4 Å². The SMILES string of the molecule is Fc1ccccc1NCc1ccc2c(c1)CCO2. The third-order valence-electron chi connectivity index (χ3n) is 3.11. The number of ether oxygens (including phenoxy) is 1. The fourth-order valence-corrected chi connectivity index (χ4v) is 2.15. The van der Waals surface area contributed by atoms with Crippen molar-refractivity contribution >= 4 is 5.69 Å². The average molecular weight is 243 g/mol. The summed E-state index contributed by atoms with van der Waals surface area (Å²) in [7, 11) is 0. The predicted octanol–water partition coefficient (Wildman–Crippen LogP) is 3.37. The van der Waals surface area contributed by atoms with Gasteiger partial charge in [-0.25, -0.2) is 4.39 Å². The van der Waals surface area contributed by atoms with E-state index in [1.807, 2.05) is 18.2 Å². The molecule has 3 heteroatoms. The van der Waals surface area contributed by atoms with Crippen LogP contribution in [0.5, 0.6) is 5.75 Å². The largest absolute Gasteiger partial charge is 0.493 e. The van der Waals surface area contributed by atoms with Gasteiger partial charge in [0.1, 0.15) is 11.6 Å². The first-order valence-electron chi connectivity index (χ1n) is 6.06. The van der Waals surface area contributed by atoms with E-state index in [0.717, 1.165) is 24.3 Å². The molecule has 0 atom stereocenters. The fourth-order valence-electron chi connectivity index (χ4n) is 2.15. The van der Waals surface area contributed by atoms with E-state index < -0.39 is 0 Å². The van der Waals surface area contributed by atoms with Crippen LogP contribution in [0.25, 0.3) is 0 Å². The summed E-state index contributed by atoms with van der Waals surface area (Å²) in [5.41, 5.74) is 2.92. The molecule has 1 N–H and O–H groups in total. The van der Waals surface area contributed by atoms with Gasteiger partial charge in [-0.2, -0.15) is 0 Å². The molecule has 2 aromatic carbocycles. The van der Waals surface area contributed by atoms with Gasteiger partial charge >= 0.3 is 0 Å². The summed E-state index contributed by atoms with van der Waals surface area (Å²) in [6, 6.07) is 12.8. The first-order valence-corrected chi connectivity index (χ1v) is 6.06. The molecule has 0 aliphatic carbocycles. The minimum atomic E-state index is -0.220. The number of halogens is 1. The van der Waals surface area contributed by atoms with Crippen LogP contribution in [-0.2, 0) is 13.0 Å². The Morgan fingerprint density at radius 1 is 1.17 bits per heavy atom. The lowest BCUT2D eigenvalue weighted by atomic mass is 10.1. The molecule has 18 heavy (non-hydrogen) atoms. The van der Waals surface area contributed by atoms with E-state index in [0.29, 0.717) is 12.2 Å². The zero-order chi connectivity index (χ0) is 12.4. The second-order valence-corrected chi connectivity index (χ2v) is 4.37. The van der Waals surface area contributed by atoms with Gasteiger partial charge in [0.05, 0.1) is 12.3 Å². The van der Waals surface area contributed by atoms with Gasteiger partial charge in [-0.15, -0.1) is 0 Å². The first kappa shape index (κ1) is 11.1. The standard InChI is InChI=1S/C15H14FNO/c16-13-3-1-2-4-14(13)17-10-11-5-6-15-12(9-11)7-8-18-15/h1-6,9,17H,7-8,10H2. The van der Waals surface area contributed by atoms with Crippen molar-refractivity contribution in [2.75, 3.05) is 11.9 Å². The lowest BCUT2D eigenvalue weighted by Gasteiger charge is -2.08. The summed E-state index contributed by atoms with van der Waals surface area (Å²) in [6.45, 7) is 1.38. The highest BCUT2D eigenvalue weighted by Gasteiger charge is 2.11. The van der Waals surface area contributed by atoms with Gasteiger partial charge in [0, 0.05) is 13.0 Å². The van der Waals surface area contributed by atoms with E-state index in [2.05, 4.69) is 11.4 Å². The summed E-state index contributed by atoms with van der Waals surface area (Å²) < 4.78 is 18.9. The molecule has 0 saturated heterocycles. The fraction of sp³-hybridized carbons (Fsp3) is 0.200. The molecule has 1 aliphatic rings. The van der Waals surface area contributed by atoms with Crippen LogP contribution >= 0.6 is 0 Å². The molecule has 0 amide bonds. The molecule has 2 nitrogen and oxygen atoms in total. The smallest absolute Gasteiger partial charge is 0.146 e. The van der Waals surface area contributed by atoms with Crippen molar-refractivity contribution in [1.29, 1.82) is 0 Å². The Kier molecular flexibility index (Phi) is 2.89. The molecule has 0 unspecified atom stereocenters. The maximum atomic E-state index is 13.4. The van der Waals surface area contributed by atoms with Crippen molar-refractivity contribution in [2.24, 2.45) is 0 Å². The van der Waals surface area contributed by atoms with Crippen LogP contribution in [0.3, 0.4) is 0 Å². The Morgan fingerprint density at radius 2 is 2.06 bits per heavy atom. The van der Waals surface area contributed by atoms with Crippen LogP contribution in [0.4, 0.5) is 10.1 Å². The molecule has 92 valence electrons. The number of rotatable bonds is 3. The van der Waals surface area contributed by atoms with Crippen LogP contribution in [0.1, 0.15) is 11.1 Å². The topological polar surface area (TPSA) is 21.3 Å². The summed E-state index contributed by atoms with van der Waals surface area (Å²) >= 11 is 0. The van der Waals surface area contributed by atoms with E-state index in [1.165, 1.54) is 11.6 Å². The molecule has 0 radical (unpaired) electrons.